The highest BCUT2D eigenvalue weighted by Crippen LogP contribution is 2.44. The first-order valence-corrected chi connectivity index (χ1v) is 9.07. The molecule has 2 fully saturated rings. The summed E-state index contributed by atoms with van der Waals surface area (Å²) in [6.07, 6.45) is 2.14. The van der Waals surface area contributed by atoms with E-state index in [1.54, 1.807) is 14.2 Å². The monoisotopic (exact) mass is 426 g/mol. The van der Waals surface area contributed by atoms with Gasteiger partial charge in [-0.2, -0.15) is 0 Å². The topological polar surface area (TPSA) is 43.0 Å². The van der Waals surface area contributed by atoms with Gasteiger partial charge in [-0.15, -0.1) is 24.8 Å². The van der Waals surface area contributed by atoms with Crippen LogP contribution >= 0.6 is 36.4 Å². The Kier molecular flexibility index (Phi) is 10.4. The Balaban J connectivity index is 0.00000169. The maximum absolute atomic E-state index is 6.75. The van der Waals surface area contributed by atoms with E-state index in [-0.39, 0.29) is 24.8 Å². The Bertz CT molecular complexity index is 533. The van der Waals surface area contributed by atoms with E-state index in [1.165, 1.54) is 0 Å². The van der Waals surface area contributed by atoms with Crippen LogP contribution in [0, 0.1) is 5.92 Å². The van der Waals surface area contributed by atoms with Gasteiger partial charge in [0.1, 0.15) is 0 Å². The van der Waals surface area contributed by atoms with E-state index in [1.807, 2.05) is 6.07 Å². The van der Waals surface area contributed by atoms with Crippen LogP contribution < -0.4 is 14.8 Å². The van der Waals surface area contributed by atoms with Crippen molar-refractivity contribution in [2.24, 2.45) is 5.92 Å². The maximum atomic E-state index is 6.75. The molecule has 26 heavy (non-hydrogen) atoms. The van der Waals surface area contributed by atoms with Gasteiger partial charge in [0.2, 0.25) is 0 Å². The standard InChI is InChI=1S/C18H27ClN2O3.2ClH/c1-22-15-4-3-14(16(19)18(15)23-2)17(13-5-11-24-12-6-13)21-9-7-20-8-10-21;;/h3-4,13,17,20H,5-12H2,1-2H3;2*1H/t17-;;/m0../s1. The molecule has 1 aromatic rings. The third kappa shape index (κ3) is 5.09. The lowest BCUT2D eigenvalue weighted by atomic mass is 9.85. The molecule has 150 valence electrons. The molecule has 2 aliphatic heterocycles. The molecule has 0 aromatic heterocycles. The second-order valence-electron chi connectivity index (χ2n) is 6.38. The number of rotatable bonds is 5. The van der Waals surface area contributed by atoms with Crippen LogP contribution in [0.4, 0.5) is 0 Å². The number of ether oxygens (including phenoxy) is 3. The lowest BCUT2D eigenvalue weighted by Gasteiger charge is -2.41. The maximum Gasteiger partial charge on any atom is 0.179 e. The molecule has 0 radical (unpaired) electrons. The van der Waals surface area contributed by atoms with Crippen molar-refractivity contribution in [2.75, 3.05) is 53.6 Å². The molecule has 0 bridgehead atoms. The van der Waals surface area contributed by atoms with E-state index in [9.17, 15) is 0 Å². The Labute approximate surface area is 173 Å². The highest BCUT2D eigenvalue weighted by molar-refractivity contribution is 6.33. The molecule has 0 amide bonds. The number of nitrogens with one attached hydrogen (secondary N) is 1. The quantitative estimate of drug-likeness (QED) is 0.778. The van der Waals surface area contributed by atoms with E-state index in [0.29, 0.717) is 28.5 Å². The van der Waals surface area contributed by atoms with E-state index < -0.39 is 0 Å². The fourth-order valence-corrected chi connectivity index (χ4v) is 4.22. The molecule has 1 N–H and O–H groups in total. The van der Waals surface area contributed by atoms with Crippen molar-refractivity contribution in [3.63, 3.8) is 0 Å². The summed E-state index contributed by atoms with van der Waals surface area (Å²) < 4.78 is 16.5. The zero-order chi connectivity index (χ0) is 16.9. The van der Waals surface area contributed by atoms with Gasteiger partial charge in [-0.3, -0.25) is 4.90 Å². The zero-order valence-corrected chi connectivity index (χ0v) is 17.7. The summed E-state index contributed by atoms with van der Waals surface area (Å²) in [5.74, 6) is 1.86. The van der Waals surface area contributed by atoms with Gasteiger partial charge in [0.25, 0.3) is 0 Å². The molecule has 8 heteroatoms. The molecule has 1 aromatic carbocycles. The number of hydrogen-bond donors (Lipinski definition) is 1. The van der Waals surface area contributed by atoms with Crippen LogP contribution in [0.2, 0.25) is 5.02 Å². The van der Waals surface area contributed by atoms with E-state index in [2.05, 4.69) is 16.3 Å². The van der Waals surface area contributed by atoms with Gasteiger partial charge in [-0.25, -0.2) is 0 Å². The minimum absolute atomic E-state index is 0. The number of halogens is 3. The minimum Gasteiger partial charge on any atom is -0.493 e. The first kappa shape index (κ1) is 23.6. The summed E-state index contributed by atoms with van der Waals surface area (Å²) in [7, 11) is 3.28. The third-order valence-corrected chi connectivity index (χ3v) is 5.48. The van der Waals surface area contributed by atoms with Crippen LogP contribution in [0.1, 0.15) is 24.4 Å². The Hall–Kier alpha value is -0.430. The molecule has 2 aliphatic rings. The van der Waals surface area contributed by atoms with Crippen LogP contribution in [-0.4, -0.2) is 58.5 Å². The molecule has 1 atom stereocenters. The minimum atomic E-state index is 0. The molecular formula is C18H29Cl3N2O3. The zero-order valence-electron chi connectivity index (χ0n) is 15.3. The third-order valence-electron chi connectivity index (χ3n) is 5.09. The molecular weight excluding hydrogens is 399 g/mol. The Morgan fingerprint density at radius 2 is 1.77 bits per heavy atom. The largest absolute Gasteiger partial charge is 0.493 e. The van der Waals surface area contributed by atoms with Crippen LogP contribution in [0.3, 0.4) is 0 Å². The number of piperazine rings is 1. The van der Waals surface area contributed by atoms with Crippen molar-refractivity contribution >= 4 is 36.4 Å². The average molecular weight is 428 g/mol. The summed E-state index contributed by atoms with van der Waals surface area (Å²) >= 11 is 6.75. The van der Waals surface area contributed by atoms with E-state index in [4.69, 9.17) is 25.8 Å². The highest BCUT2D eigenvalue weighted by atomic mass is 35.5. The van der Waals surface area contributed by atoms with Gasteiger partial charge in [-0.05, 0) is 30.4 Å². The van der Waals surface area contributed by atoms with Gasteiger partial charge < -0.3 is 19.5 Å². The second-order valence-corrected chi connectivity index (χ2v) is 6.76. The smallest absolute Gasteiger partial charge is 0.179 e. The highest BCUT2D eigenvalue weighted by Gasteiger charge is 2.33. The van der Waals surface area contributed by atoms with Gasteiger partial charge in [0.15, 0.2) is 11.5 Å². The summed E-state index contributed by atoms with van der Waals surface area (Å²) in [5.41, 5.74) is 1.14. The molecule has 0 unspecified atom stereocenters. The molecule has 2 saturated heterocycles. The summed E-state index contributed by atoms with van der Waals surface area (Å²) in [5, 5.41) is 4.11. The molecule has 5 nitrogen and oxygen atoms in total. The molecule has 0 spiro atoms. The van der Waals surface area contributed by atoms with Crippen molar-refractivity contribution in [3.8, 4) is 11.5 Å². The normalized spacial score (nSPS) is 19.8. The van der Waals surface area contributed by atoms with Crippen LogP contribution in [0.5, 0.6) is 11.5 Å². The van der Waals surface area contributed by atoms with Crippen LogP contribution in [0.15, 0.2) is 12.1 Å². The van der Waals surface area contributed by atoms with Crippen molar-refractivity contribution in [2.45, 2.75) is 18.9 Å². The number of nitrogens with zero attached hydrogens (tertiary/aromatic N) is 1. The fourth-order valence-electron chi connectivity index (χ4n) is 3.87. The van der Waals surface area contributed by atoms with Gasteiger partial charge in [0, 0.05) is 45.4 Å². The number of methoxy groups -OCH3 is 2. The van der Waals surface area contributed by atoms with Crippen LogP contribution in [-0.2, 0) is 4.74 Å². The molecule has 0 saturated carbocycles. The van der Waals surface area contributed by atoms with Crippen LogP contribution in [0.25, 0.3) is 0 Å². The van der Waals surface area contributed by atoms with E-state index >= 15 is 0 Å². The molecule has 2 heterocycles. The van der Waals surface area contributed by atoms with Crippen molar-refractivity contribution < 1.29 is 14.2 Å². The number of benzene rings is 1. The summed E-state index contributed by atoms with van der Waals surface area (Å²) in [6.45, 7) is 5.77. The average Bonchev–Trinajstić information content (AvgIpc) is 2.65. The van der Waals surface area contributed by atoms with Gasteiger partial charge in [0.05, 0.1) is 19.2 Å². The van der Waals surface area contributed by atoms with Crippen molar-refractivity contribution in [1.29, 1.82) is 0 Å². The van der Waals surface area contributed by atoms with Gasteiger partial charge in [-0.1, -0.05) is 17.7 Å². The molecule has 0 aliphatic carbocycles. The SMILES string of the molecule is COc1ccc([C@H](C2CCOCC2)N2CCNCC2)c(Cl)c1OC.Cl.Cl. The lowest BCUT2D eigenvalue weighted by molar-refractivity contribution is 0.0213. The second kappa shape index (κ2) is 11.4. The predicted molar refractivity (Wildman–Crippen MR) is 110 cm³/mol. The van der Waals surface area contributed by atoms with E-state index in [0.717, 1.165) is 57.8 Å². The summed E-state index contributed by atoms with van der Waals surface area (Å²) in [6, 6.07) is 4.36. The number of hydrogen-bond acceptors (Lipinski definition) is 5. The van der Waals surface area contributed by atoms with Crippen molar-refractivity contribution in [3.05, 3.63) is 22.7 Å². The van der Waals surface area contributed by atoms with Gasteiger partial charge >= 0.3 is 0 Å². The fraction of sp³-hybridized carbons (Fsp3) is 0.667. The molecule has 3 rings (SSSR count). The summed E-state index contributed by atoms with van der Waals surface area (Å²) in [4.78, 5) is 2.56. The Morgan fingerprint density at radius 3 is 2.35 bits per heavy atom. The lowest BCUT2D eigenvalue weighted by Crippen LogP contribution is -2.47. The predicted octanol–water partition coefficient (Wildman–Crippen LogP) is 3.57. The first-order valence-electron chi connectivity index (χ1n) is 8.69. The first-order chi connectivity index (χ1) is 11.8. The Morgan fingerprint density at radius 1 is 1.12 bits per heavy atom. The van der Waals surface area contributed by atoms with Crippen molar-refractivity contribution in [1.82, 2.24) is 10.2 Å².